The minimum Gasteiger partial charge on any atom is -0.497 e. The fourth-order valence-corrected chi connectivity index (χ4v) is 4.38. The molecule has 0 amide bonds. The summed E-state index contributed by atoms with van der Waals surface area (Å²) < 4.78 is 7.50. The SMILES string of the molecule is COc1ccc2c3c([nH]c2c1)-c1c(C(=O)c2ncc4ccccc4n2)ccn1CC3. The van der Waals surface area contributed by atoms with Gasteiger partial charge in [-0.05, 0) is 36.2 Å². The number of H-pyrrole nitrogens is 1. The van der Waals surface area contributed by atoms with E-state index in [1.165, 1.54) is 10.9 Å². The Bertz CT molecular complexity index is 1460. The predicted octanol–water partition coefficient (Wildman–Crippen LogP) is 4.38. The molecular formula is C24H18N4O2. The van der Waals surface area contributed by atoms with Crippen LogP contribution in [0.2, 0.25) is 0 Å². The third-order valence-electron chi connectivity index (χ3n) is 5.85. The number of aromatic amines is 1. The van der Waals surface area contributed by atoms with Gasteiger partial charge in [-0.15, -0.1) is 0 Å². The number of carbonyl (C=O) groups is 1. The predicted molar refractivity (Wildman–Crippen MR) is 115 cm³/mol. The molecule has 5 aromatic rings. The number of ketones is 1. The van der Waals surface area contributed by atoms with Crippen molar-refractivity contribution in [3.05, 3.63) is 77.9 Å². The highest BCUT2D eigenvalue weighted by Crippen LogP contribution is 2.38. The second-order valence-corrected chi connectivity index (χ2v) is 7.49. The first-order chi connectivity index (χ1) is 14.7. The molecule has 0 radical (unpaired) electrons. The first-order valence-electron chi connectivity index (χ1n) is 9.87. The molecule has 1 N–H and O–H groups in total. The summed E-state index contributed by atoms with van der Waals surface area (Å²) in [5, 5.41) is 2.08. The van der Waals surface area contributed by atoms with Crippen molar-refractivity contribution in [3.8, 4) is 17.1 Å². The van der Waals surface area contributed by atoms with Crippen LogP contribution in [0.5, 0.6) is 5.75 Å². The van der Waals surface area contributed by atoms with Crippen LogP contribution in [0.1, 0.15) is 21.7 Å². The monoisotopic (exact) mass is 394 g/mol. The Labute approximate surface area is 172 Å². The van der Waals surface area contributed by atoms with E-state index < -0.39 is 0 Å². The number of carbonyl (C=O) groups excluding carboxylic acids is 1. The highest BCUT2D eigenvalue weighted by Gasteiger charge is 2.27. The smallest absolute Gasteiger partial charge is 0.232 e. The number of fused-ring (bicyclic) bond motifs is 6. The molecule has 0 spiro atoms. The zero-order valence-corrected chi connectivity index (χ0v) is 16.3. The number of para-hydroxylation sites is 1. The summed E-state index contributed by atoms with van der Waals surface area (Å²) in [6, 6.07) is 15.6. The lowest BCUT2D eigenvalue weighted by Gasteiger charge is -2.17. The van der Waals surface area contributed by atoms with E-state index in [-0.39, 0.29) is 11.6 Å². The number of nitrogens with one attached hydrogen (secondary N) is 1. The van der Waals surface area contributed by atoms with E-state index in [0.717, 1.165) is 46.5 Å². The number of aromatic nitrogens is 4. The van der Waals surface area contributed by atoms with Gasteiger partial charge in [0.15, 0.2) is 0 Å². The lowest BCUT2D eigenvalue weighted by Crippen LogP contribution is -2.13. The van der Waals surface area contributed by atoms with Gasteiger partial charge in [0.2, 0.25) is 11.6 Å². The van der Waals surface area contributed by atoms with Crippen molar-refractivity contribution >= 4 is 27.6 Å². The summed E-state index contributed by atoms with van der Waals surface area (Å²) in [5.74, 6) is 0.850. The molecule has 1 aliphatic rings. The molecule has 0 atom stereocenters. The molecule has 0 bridgehead atoms. The van der Waals surface area contributed by atoms with E-state index in [9.17, 15) is 4.79 Å². The van der Waals surface area contributed by atoms with E-state index in [0.29, 0.717) is 5.56 Å². The van der Waals surface area contributed by atoms with Gasteiger partial charge in [0, 0.05) is 41.3 Å². The number of nitrogens with zero attached hydrogens (tertiary/aromatic N) is 3. The molecule has 6 nitrogen and oxygen atoms in total. The van der Waals surface area contributed by atoms with Crippen molar-refractivity contribution in [1.82, 2.24) is 19.5 Å². The highest BCUT2D eigenvalue weighted by atomic mass is 16.5. The number of methoxy groups -OCH3 is 1. The van der Waals surface area contributed by atoms with Crippen LogP contribution in [-0.4, -0.2) is 32.4 Å². The van der Waals surface area contributed by atoms with Crippen molar-refractivity contribution in [2.45, 2.75) is 13.0 Å². The molecular weight excluding hydrogens is 376 g/mol. The number of aryl methyl sites for hydroxylation is 2. The van der Waals surface area contributed by atoms with Gasteiger partial charge in [-0.25, -0.2) is 9.97 Å². The molecule has 4 heterocycles. The van der Waals surface area contributed by atoms with Crippen molar-refractivity contribution in [1.29, 1.82) is 0 Å². The molecule has 146 valence electrons. The van der Waals surface area contributed by atoms with Gasteiger partial charge in [0.25, 0.3) is 0 Å². The van der Waals surface area contributed by atoms with Gasteiger partial charge in [-0.3, -0.25) is 4.79 Å². The topological polar surface area (TPSA) is 72.8 Å². The number of ether oxygens (including phenoxy) is 1. The fraction of sp³-hybridized carbons (Fsp3) is 0.125. The van der Waals surface area contributed by atoms with Crippen LogP contribution < -0.4 is 4.74 Å². The molecule has 0 aliphatic carbocycles. The van der Waals surface area contributed by atoms with Crippen molar-refractivity contribution < 1.29 is 9.53 Å². The zero-order valence-electron chi connectivity index (χ0n) is 16.3. The summed E-state index contributed by atoms with van der Waals surface area (Å²) >= 11 is 0. The molecule has 0 unspecified atom stereocenters. The Hall–Kier alpha value is -3.93. The maximum Gasteiger partial charge on any atom is 0.232 e. The van der Waals surface area contributed by atoms with Gasteiger partial charge in [-0.1, -0.05) is 18.2 Å². The van der Waals surface area contributed by atoms with Crippen molar-refractivity contribution in [2.75, 3.05) is 7.11 Å². The summed E-state index contributed by atoms with van der Waals surface area (Å²) in [6.45, 7) is 0.827. The van der Waals surface area contributed by atoms with Gasteiger partial charge in [0.05, 0.1) is 29.6 Å². The Morgan fingerprint density at radius 2 is 2.07 bits per heavy atom. The molecule has 30 heavy (non-hydrogen) atoms. The largest absolute Gasteiger partial charge is 0.497 e. The van der Waals surface area contributed by atoms with Crippen LogP contribution in [0.15, 0.2) is 60.9 Å². The highest BCUT2D eigenvalue weighted by molar-refractivity contribution is 6.11. The lowest BCUT2D eigenvalue weighted by molar-refractivity contribution is 0.103. The first kappa shape index (κ1) is 17.0. The number of benzene rings is 2. The van der Waals surface area contributed by atoms with E-state index in [1.54, 1.807) is 13.3 Å². The Kier molecular flexibility index (Phi) is 3.56. The summed E-state index contributed by atoms with van der Waals surface area (Å²) in [4.78, 5) is 25.7. The van der Waals surface area contributed by atoms with Gasteiger partial charge < -0.3 is 14.3 Å². The third kappa shape index (κ3) is 2.40. The zero-order chi connectivity index (χ0) is 20.2. The molecule has 6 rings (SSSR count). The molecule has 1 aliphatic heterocycles. The fourth-order valence-electron chi connectivity index (χ4n) is 4.38. The summed E-state index contributed by atoms with van der Waals surface area (Å²) in [5.41, 5.74) is 5.50. The van der Waals surface area contributed by atoms with Crippen molar-refractivity contribution in [2.24, 2.45) is 0 Å². The summed E-state index contributed by atoms with van der Waals surface area (Å²) in [7, 11) is 1.66. The first-order valence-corrected chi connectivity index (χ1v) is 9.87. The third-order valence-corrected chi connectivity index (χ3v) is 5.85. The number of hydrogen-bond acceptors (Lipinski definition) is 4. The minimum absolute atomic E-state index is 0.168. The molecule has 0 saturated heterocycles. The molecule has 3 aromatic heterocycles. The number of rotatable bonds is 3. The Morgan fingerprint density at radius 1 is 1.17 bits per heavy atom. The minimum atomic E-state index is -0.168. The molecule has 6 heteroatoms. The Morgan fingerprint density at radius 3 is 2.97 bits per heavy atom. The van der Waals surface area contributed by atoms with Crippen LogP contribution in [0.25, 0.3) is 33.2 Å². The van der Waals surface area contributed by atoms with Crippen LogP contribution >= 0.6 is 0 Å². The van der Waals surface area contributed by atoms with E-state index >= 15 is 0 Å². The van der Waals surface area contributed by atoms with E-state index in [1.807, 2.05) is 48.7 Å². The van der Waals surface area contributed by atoms with Crippen LogP contribution in [0, 0.1) is 0 Å². The average molecular weight is 394 g/mol. The second kappa shape index (κ2) is 6.29. The maximum atomic E-state index is 13.4. The normalized spacial score (nSPS) is 12.7. The van der Waals surface area contributed by atoms with Crippen molar-refractivity contribution in [3.63, 3.8) is 0 Å². The molecule has 0 saturated carbocycles. The quantitative estimate of drug-likeness (QED) is 0.461. The van der Waals surface area contributed by atoms with Crippen LogP contribution in [0.3, 0.4) is 0 Å². The summed E-state index contributed by atoms with van der Waals surface area (Å²) in [6.07, 6.45) is 4.58. The maximum absolute atomic E-state index is 13.4. The van der Waals surface area contributed by atoms with Gasteiger partial charge >= 0.3 is 0 Å². The van der Waals surface area contributed by atoms with E-state index in [2.05, 4.69) is 25.6 Å². The van der Waals surface area contributed by atoms with Gasteiger partial charge in [-0.2, -0.15) is 0 Å². The Balaban J connectivity index is 1.50. The standard InChI is InChI=1S/C24H18N4O2/c1-30-15-6-7-16-17-8-10-28-11-9-18(22(28)21(17)26-20(16)12-15)23(29)24-25-13-14-4-2-3-5-19(14)27-24/h2-7,9,11-13,26H,8,10H2,1H3. The second-order valence-electron chi connectivity index (χ2n) is 7.49. The molecule has 2 aromatic carbocycles. The van der Waals surface area contributed by atoms with E-state index in [4.69, 9.17) is 4.74 Å². The lowest BCUT2D eigenvalue weighted by atomic mass is 9.99. The van der Waals surface area contributed by atoms with Crippen LogP contribution in [0.4, 0.5) is 0 Å². The van der Waals surface area contributed by atoms with Gasteiger partial charge in [0.1, 0.15) is 5.75 Å². The average Bonchev–Trinajstić information content (AvgIpc) is 3.38. The molecule has 0 fully saturated rings. The number of hydrogen-bond donors (Lipinski definition) is 1. The van der Waals surface area contributed by atoms with Crippen LogP contribution in [-0.2, 0) is 13.0 Å².